The van der Waals surface area contributed by atoms with E-state index >= 15 is 8.78 Å². The van der Waals surface area contributed by atoms with Gasteiger partial charge in [-0.2, -0.15) is 0 Å². The summed E-state index contributed by atoms with van der Waals surface area (Å²) in [6.45, 7) is 5.67. The number of carbonyl (C=O) groups excluding carboxylic acids is 1. The minimum absolute atomic E-state index is 0.0532. The second-order valence-electron chi connectivity index (χ2n) is 14.3. The first-order chi connectivity index (χ1) is 25.1. The first-order valence-electron chi connectivity index (χ1n) is 16.9. The van der Waals surface area contributed by atoms with Crippen molar-refractivity contribution in [3.63, 3.8) is 0 Å². The topological polar surface area (TPSA) is 111 Å². The molecule has 3 aromatic carbocycles. The van der Waals surface area contributed by atoms with Gasteiger partial charge in [-0.3, -0.25) is 4.90 Å². The molecule has 2 fully saturated rings. The molecule has 2 saturated heterocycles. The molecule has 1 aromatic heterocycles. The van der Waals surface area contributed by atoms with Crippen LogP contribution < -0.4 is 9.64 Å². The maximum absolute atomic E-state index is 17.5. The molecule has 4 aromatic rings. The van der Waals surface area contributed by atoms with Crippen LogP contribution in [0.25, 0.3) is 32.8 Å². The molecule has 10 nitrogen and oxygen atoms in total. The van der Waals surface area contributed by atoms with Crippen LogP contribution in [-0.2, 0) is 37.5 Å². The van der Waals surface area contributed by atoms with Gasteiger partial charge in [-0.05, 0) is 33.6 Å². The van der Waals surface area contributed by atoms with Crippen molar-refractivity contribution in [2.75, 3.05) is 31.6 Å². The third-order valence-electron chi connectivity index (χ3n) is 9.75. The fourth-order valence-corrected chi connectivity index (χ4v) is 12.1. The van der Waals surface area contributed by atoms with Crippen molar-refractivity contribution in [2.24, 2.45) is 0 Å². The van der Waals surface area contributed by atoms with E-state index in [1.54, 1.807) is 23.1 Å². The summed E-state index contributed by atoms with van der Waals surface area (Å²) in [5, 5.41) is 0.642. The van der Waals surface area contributed by atoms with E-state index in [1.807, 2.05) is 25.7 Å². The number of amides is 1. The van der Waals surface area contributed by atoms with Gasteiger partial charge in [0.15, 0.2) is 0 Å². The number of rotatable bonds is 5. The quantitative estimate of drug-likeness (QED) is 0.0682. The van der Waals surface area contributed by atoms with E-state index in [9.17, 15) is 13.2 Å². The number of anilines is 1. The summed E-state index contributed by atoms with van der Waals surface area (Å²) >= 11 is 10.8. The molecule has 0 radical (unpaired) electrons. The predicted octanol–water partition coefficient (Wildman–Crippen LogP) is 7.01. The Balaban J connectivity index is 1.51. The number of nitrogens with zero attached hydrogens (tertiary/aromatic N) is 4. The first kappa shape index (κ1) is 38.6. The fraction of sp³-hybridized carbons (Fsp3) is 0.417. The summed E-state index contributed by atoms with van der Waals surface area (Å²) in [6, 6.07) is 5.28. The van der Waals surface area contributed by atoms with E-state index in [1.165, 1.54) is 13.2 Å². The van der Waals surface area contributed by atoms with Gasteiger partial charge >= 0.3 is 271 Å². The average Bonchev–Trinajstić information content (AvgIpc) is 3.32. The number of hydrogen-bond donors (Lipinski definition) is 0. The van der Waals surface area contributed by atoms with Gasteiger partial charge in [-0.15, -0.1) is 0 Å². The van der Waals surface area contributed by atoms with Crippen molar-refractivity contribution >= 4 is 93.9 Å². The van der Waals surface area contributed by atoms with Crippen molar-refractivity contribution in [3.05, 3.63) is 52.0 Å². The molecule has 1 amide bonds. The van der Waals surface area contributed by atoms with Crippen molar-refractivity contribution in [1.82, 2.24) is 14.9 Å². The van der Waals surface area contributed by atoms with Gasteiger partial charge < -0.3 is 4.74 Å². The number of aromatic nitrogens is 2. The molecule has 0 N–H and O–H groups in total. The second-order valence-corrected chi connectivity index (χ2v) is 29.2. The molecular formula is C36H34ClF2N4O6PS2Tl+. The average molecular weight is 992 g/mol. The Morgan fingerprint density at radius 1 is 1.15 bits per heavy atom. The normalized spacial score (nSPS) is 19.3. The van der Waals surface area contributed by atoms with Crippen LogP contribution in [-0.4, -0.2) is 103 Å². The number of hydrogen-bond acceptors (Lipinski definition) is 10. The molecule has 0 unspecified atom stereocenters. The Morgan fingerprint density at radius 3 is 2.62 bits per heavy atom. The number of fused-ring (bicyclic) bond motifs is 6. The molecule has 0 saturated carbocycles. The Kier molecular flexibility index (Phi) is 10.7. The molecule has 4 heterocycles. The van der Waals surface area contributed by atoms with E-state index < -0.39 is 61.4 Å². The van der Waals surface area contributed by atoms with Crippen molar-refractivity contribution in [3.8, 4) is 26.3 Å². The van der Waals surface area contributed by atoms with Gasteiger partial charge in [0.05, 0.1) is 6.04 Å². The number of benzene rings is 3. The van der Waals surface area contributed by atoms with Gasteiger partial charge in [0.25, 0.3) is 0 Å². The SMILES string of the molecule is COCOc1cc(-c2c(Cl)c3c4c(nc(S(C)(=O)=O)nc4c2F)N2C[C@H]4CC[C@@H]([C@H]2CC3)N4C(=O)OC(C)(C)C)c2c(C#[C][Tl]=[P+]=S)c(F)ccc2c1. The molecule has 53 heavy (non-hydrogen) atoms. The van der Waals surface area contributed by atoms with Crippen LogP contribution in [0.15, 0.2) is 29.4 Å². The molecule has 7 rings (SSSR count). The van der Waals surface area contributed by atoms with Gasteiger partial charge in [0, 0.05) is 0 Å². The van der Waals surface area contributed by atoms with Crippen LogP contribution in [0.3, 0.4) is 0 Å². The molecule has 3 atom stereocenters. The standard InChI is InChI=1S/C36H34ClF2N4O6S.PS.Tl/c1-7-21-24(38)11-8-18-14-20(48-17-47-5)15-23(27(18)21)28-30(37)22-10-13-25-26-12-9-19(43(26)35(44)49-36(2,3)4)16-42(25)33-29(22)32(31(28)39)40-34(41-33)50(6,45)46;1-2;/h8,11,14-15,19,25-26H,9-10,12-13,16-17H2,2-6H3;;/q;-1;+2/t19-,25-,26+;;/m1../s1. The zero-order valence-electron chi connectivity index (χ0n) is 29.5. The monoisotopic (exact) mass is 991 g/mol. The van der Waals surface area contributed by atoms with Crippen LogP contribution in [0, 0.1) is 21.0 Å². The molecule has 17 heteroatoms. The molecule has 0 aliphatic carbocycles. The Morgan fingerprint density at radius 2 is 1.92 bits per heavy atom. The third-order valence-corrected chi connectivity index (χ3v) is 17.3. The van der Waals surface area contributed by atoms with Crippen molar-refractivity contribution in [1.29, 1.82) is 0 Å². The van der Waals surface area contributed by atoms with Gasteiger partial charge in [-0.1, -0.05) is 0 Å². The van der Waals surface area contributed by atoms with Gasteiger partial charge in [0.2, 0.25) is 0 Å². The fourth-order valence-electron chi connectivity index (χ4n) is 7.78. The number of sulfone groups is 1. The van der Waals surface area contributed by atoms with E-state index in [0.29, 0.717) is 53.3 Å². The molecule has 2 bridgehead atoms. The molecule has 3 aliphatic rings. The number of aryl methyl sites for hydroxylation is 1. The van der Waals surface area contributed by atoms with Crippen molar-refractivity contribution in [2.45, 2.75) is 75.3 Å². The Labute approximate surface area is 328 Å². The zero-order valence-corrected chi connectivity index (χ0v) is 37.3. The Bertz CT molecular complexity index is 2450. The predicted molar refractivity (Wildman–Crippen MR) is 204 cm³/mol. The van der Waals surface area contributed by atoms with Gasteiger partial charge in [0.1, 0.15) is 5.60 Å². The van der Waals surface area contributed by atoms with E-state index in [4.69, 9.17) is 37.6 Å². The van der Waals surface area contributed by atoms with Crippen LogP contribution in [0.5, 0.6) is 5.75 Å². The van der Waals surface area contributed by atoms with Crippen molar-refractivity contribution < 1.29 is 36.2 Å². The van der Waals surface area contributed by atoms with Crippen LogP contribution in [0.2, 0.25) is 5.02 Å². The number of methoxy groups -OCH3 is 1. The molecule has 3 aliphatic heterocycles. The minimum atomic E-state index is -4.04. The molecule has 274 valence electrons. The van der Waals surface area contributed by atoms with E-state index in [-0.39, 0.29) is 58.0 Å². The molecular weight excluding hydrogens is 957 g/mol. The second kappa shape index (κ2) is 14.8. The first-order valence-corrected chi connectivity index (χ1v) is 29.4. The zero-order chi connectivity index (χ0) is 38.0. The summed E-state index contributed by atoms with van der Waals surface area (Å²) in [7, 11) is -2.58. The van der Waals surface area contributed by atoms with Crippen LogP contribution in [0.1, 0.15) is 51.2 Å². The summed E-state index contributed by atoms with van der Waals surface area (Å²) in [5.74, 6) is 2.04. The van der Waals surface area contributed by atoms with E-state index in [0.717, 1.165) is 16.7 Å². The van der Waals surface area contributed by atoms with Crippen LogP contribution in [0.4, 0.5) is 19.4 Å². The van der Waals surface area contributed by atoms with Crippen LogP contribution >= 0.6 is 15.6 Å². The van der Waals surface area contributed by atoms with E-state index in [2.05, 4.69) is 19.4 Å². The maximum atomic E-state index is 17.5. The third kappa shape index (κ3) is 7.15. The van der Waals surface area contributed by atoms with Gasteiger partial charge in [-0.25, -0.2) is 4.79 Å². The summed E-state index contributed by atoms with van der Waals surface area (Å²) < 4.78 is 80.1. The number of carbonyl (C=O) groups is 1. The summed E-state index contributed by atoms with van der Waals surface area (Å²) in [5.41, 5.74) is -0.236. The Hall–Kier alpha value is -2.68. The molecule has 0 spiro atoms. The number of ether oxygens (including phenoxy) is 3. The number of piperazine rings is 1. The number of halogens is 3. The summed E-state index contributed by atoms with van der Waals surface area (Å²) in [4.78, 5) is 26.2. The summed E-state index contributed by atoms with van der Waals surface area (Å²) in [6.07, 6.45) is 2.79.